The van der Waals surface area contributed by atoms with Crippen LogP contribution in [-0.4, -0.2) is 17.2 Å². The summed E-state index contributed by atoms with van der Waals surface area (Å²) in [7, 11) is 1.98. The summed E-state index contributed by atoms with van der Waals surface area (Å²) in [5, 5.41) is 14.1. The molecule has 1 saturated carbocycles. The van der Waals surface area contributed by atoms with Crippen LogP contribution in [0.2, 0.25) is 0 Å². The number of nitrogens with zero attached hydrogens (tertiary/aromatic N) is 2. The van der Waals surface area contributed by atoms with E-state index < -0.39 is 0 Å². The van der Waals surface area contributed by atoms with Gasteiger partial charge in [0.25, 0.3) is 0 Å². The zero-order valence-electron chi connectivity index (χ0n) is 8.79. The SMILES string of the molecule is CCC(NC)c1nnc(CC2CC2)s1. The first-order chi connectivity index (χ1) is 6.83. The highest BCUT2D eigenvalue weighted by Crippen LogP contribution is 2.34. The summed E-state index contributed by atoms with van der Waals surface area (Å²) in [6.07, 6.45) is 5.00. The van der Waals surface area contributed by atoms with Crippen molar-refractivity contribution in [3.63, 3.8) is 0 Å². The molecule has 14 heavy (non-hydrogen) atoms. The third kappa shape index (κ3) is 2.30. The fourth-order valence-corrected chi connectivity index (χ4v) is 2.71. The number of nitrogens with one attached hydrogen (secondary N) is 1. The lowest BCUT2D eigenvalue weighted by Gasteiger charge is -2.07. The van der Waals surface area contributed by atoms with Gasteiger partial charge in [0, 0.05) is 6.42 Å². The van der Waals surface area contributed by atoms with Gasteiger partial charge in [-0.3, -0.25) is 0 Å². The number of hydrogen-bond acceptors (Lipinski definition) is 4. The van der Waals surface area contributed by atoms with Gasteiger partial charge in [0.2, 0.25) is 0 Å². The van der Waals surface area contributed by atoms with E-state index in [1.807, 2.05) is 7.05 Å². The van der Waals surface area contributed by atoms with Crippen LogP contribution >= 0.6 is 11.3 Å². The molecule has 0 bridgehead atoms. The summed E-state index contributed by atoms with van der Waals surface area (Å²) >= 11 is 1.77. The minimum absolute atomic E-state index is 0.389. The normalized spacial score (nSPS) is 18.4. The van der Waals surface area contributed by atoms with Crippen molar-refractivity contribution in [1.82, 2.24) is 15.5 Å². The van der Waals surface area contributed by atoms with Crippen molar-refractivity contribution < 1.29 is 0 Å². The molecule has 3 nitrogen and oxygen atoms in total. The molecule has 0 saturated heterocycles. The predicted molar refractivity (Wildman–Crippen MR) is 58.4 cm³/mol. The molecule has 1 atom stereocenters. The lowest BCUT2D eigenvalue weighted by atomic mass is 10.2. The monoisotopic (exact) mass is 211 g/mol. The van der Waals surface area contributed by atoms with Crippen LogP contribution in [0.3, 0.4) is 0 Å². The van der Waals surface area contributed by atoms with Gasteiger partial charge < -0.3 is 5.32 Å². The average Bonchev–Trinajstić information content (AvgIpc) is 2.88. The van der Waals surface area contributed by atoms with Crippen LogP contribution in [0.15, 0.2) is 0 Å². The van der Waals surface area contributed by atoms with E-state index in [0.29, 0.717) is 6.04 Å². The molecule has 0 radical (unpaired) electrons. The Hall–Kier alpha value is -0.480. The Labute approximate surface area is 88.9 Å². The van der Waals surface area contributed by atoms with Crippen molar-refractivity contribution in [3.05, 3.63) is 10.0 Å². The Bertz CT molecular complexity index is 289. The lowest BCUT2D eigenvalue weighted by molar-refractivity contribution is 0.568. The standard InChI is InChI=1S/C10H17N3S/c1-3-8(11-2)10-13-12-9(14-10)6-7-4-5-7/h7-8,11H,3-6H2,1-2H3. The molecule has 1 aliphatic rings. The molecule has 1 unspecified atom stereocenters. The van der Waals surface area contributed by atoms with Gasteiger partial charge in [-0.05, 0) is 32.2 Å². The van der Waals surface area contributed by atoms with Gasteiger partial charge in [-0.15, -0.1) is 10.2 Å². The fraction of sp³-hybridized carbons (Fsp3) is 0.800. The quantitative estimate of drug-likeness (QED) is 0.811. The Morgan fingerprint density at radius 1 is 1.50 bits per heavy atom. The highest BCUT2D eigenvalue weighted by Gasteiger charge is 2.24. The molecule has 0 amide bonds. The highest BCUT2D eigenvalue weighted by molar-refractivity contribution is 7.11. The summed E-state index contributed by atoms with van der Waals surface area (Å²) in [4.78, 5) is 0. The van der Waals surface area contributed by atoms with Crippen molar-refractivity contribution >= 4 is 11.3 Å². The Morgan fingerprint density at radius 2 is 2.29 bits per heavy atom. The first-order valence-corrected chi connectivity index (χ1v) is 6.14. The molecular weight excluding hydrogens is 194 g/mol. The van der Waals surface area contributed by atoms with Crippen LogP contribution in [-0.2, 0) is 6.42 Å². The van der Waals surface area contributed by atoms with E-state index in [9.17, 15) is 0 Å². The third-order valence-corrected chi connectivity index (χ3v) is 3.76. The van der Waals surface area contributed by atoms with Crippen molar-refractivity contribution in [2.45, 2.75) is 38.6 Å². The summed E-state index contributed by atoms with van der Waals surface area (Å²) in [6.45, 7) is 2.17. The maximum absolute atomic E-state index is 4.25. The van der Waals surface area contributed by atoms with Crippen LogP contribution in [0.1, 0.15) is 42.2 Å². The Balaban J connectivity index is 1.99. The first-order valence-electron chi connectivity index (χ1n) is 5.33. The molecular formula is C10H17N3S. The van der Waals surface area contributed by atoms with Crippen LogP contribution < -0.4 is 5.32 Å². The second-order valence-corrected chi connectivity index (χ2v) is 5.02. The average molecular weight is 211 g/mol. The molecule has 78 valence electrons. The predicted octanol–water partition coefficient (Wildman–Crippen LogP) is 2.16. The van der Waals surface area contributed by atoms with Gasteiger partial charge >= 0.3 is 0 Å². The van der Waals surface area contributed by atoms with Crippen molar-refractivity contribution in [2.75, 3.05) is 7.05 Å². The molecule has 1 aromatic rings. The van der Waals surface area contributed by atoms with E-state index in [0.717, 1.165) is 23.8 Å². The molecule has 1 N–H and O–H groups in total. The molecule has 4 heteroatoms. The summed E-state index contributed by atoms with van der Waals surface area (Å²) in [5.74, 6) is 0.908. The zero-order chi connectivity index (χ0) is 9.97. The van der Waals surface area contributed by atoms with E-state index in [2.05, 4.69) is 22.4 Å². The summed E-state index contributed by atoms with van der Waals surface area (Å²) in [5.41, 5.74) is 0. The fourth-order valence-electron chi connectivity index (χ4n) is 1.56. The molecule has 1 aliphatic carbocycles. The van der Waals surface area contributed by atoms with E-state index in [1.54, 1.807) is 11.3 Å². The first kappa shape index (κ1) is 10.1. The molecule has 1 aromatic heterocycles. The lowest BCUT2D eigenvalue weighted by Crippen LogP contribution is -2.14. The minimum Gasteiger partial charge on any atom is -0.311 e. The van der Waals surface area contributed by atoms with Crippen LogP contribution in [0.5, 0.6) is 0 Å². The van der Waals surface area contributed by atoms with Gasteiger partial charge in [0.1, 0.15) is 10.0 Å². The van der Waals surface area contributed by atoms with Crippen molar-refractivity contribution in [3.8, 4) is 0 Å². The molecule has 0 aliphatic heterocycles. The van der Waals surface area contributed by atoms with E-state index in [1.165, 1.54) is 17.8 Å². The van der Waals surface area contributed by atoms with Gasteiger partial charge in [-0.1, -0.05) is 18.3 Å². The second-order valence-electron chi connectivity index (χ2n) is 3.93. The van der Waals surface area contributed by atoms with E-state index in [4.69, 9.17) is 0 Å². The largest absolute Gasteiger partial charge is 0.311 e. The second kappa shape index (κ2) is 4.36. The zero-order valence-corrected chi connectivity index (χ0v) is 9.60. The number of hydrogen-bond donors (Lipinski definition) is 1. The van der Waals surface area contributed by atoms with Gasteiger partial charge in [0.15, 0.2) is 0 Å². The molecule has 2 rings (SSSR count). The van der Waals surface area contributed by atoms with E-state index >= 15 is 0 Å². The van der Waals surface area contributed by atoms with E-state index in [-0.39, 0.29) is 0 Å². The minimum atomic E-state index is 0.389. The van der Waals surface area contributed by atoms with Gasteiger partial charge in [-0.25, -0.2) is 0 Å². The highest BCUT2D eigenvalue weighted by atomic mass is 32.1. The van der Waals surface area contributed by atoms with Crippen LogP contribution in [0.25, 0.3) is 0 Å². The molecule has 0 spiro atoms. The topological polar surface area (TPSA) is 37.8 Å². The van der Waals surface area contributed by atoms with Gasteiger partial charge in [-0.2, -0.15) is 0 Å². The number of aromatic nitrogens is 2. The Morgan fingerprint density at radius 3 is 2.86 bits per heavy atom. The molecule has 1 heterocycles. The maximum Gasteiger partial charge on any atom is 0.134 e. The van der Waals surface area contributed by atoms with Crippen molar-refractivity contribution in [1.29, 1.82) is 0 Å². The molecule has 0 aromatic carbocycles. The van der Waals surface area contributed by atoms with Crippen molar-refractivity contribution in [2.24, 2.45) is 5.92 Å². The summed E-state index contributed by atoms with van der Waals surface area (Å²) in [6, 6.07) is 0.389. The van der Waals surface area contributed by atoms with Gasteiger partial charge in [0.05, 0.1) is 6.04 Å². The van der Waals surface area contributed by atoms with Crippen LogP contribution in [0.4, 0.5) is 0 Å². The Kier molecular flexibility index (Phi) is 3.13. The molecule has 1 fully saturated rings. The summed E-state index contributed by atoms with van der Waals surface area (Å²) < 4.78 is 0. The smallest absolute Gasteiger partial charge is 0.134 e. The maximum atomic E-state index is 4.25. The third-order valence-electron chi connectivity index (χ3n) is 2.70. The van der Waals surface area contributed by atoms with Crippen LogP contribution in [0, 0.1) is 5.92 Å². The number of rotatable bonds is 5.